The van der Waals surface area contributed by atoms with Gasteiger partial charge in [-0.2, -0.15) is 0 Å². The second-order valence-corrected chi connectivity index (χ2v) is 13.5. The van der Waals surface area contributed by atoms with Gasteiger partial charge in [-0.15, -0.1) is 0 Å². The van der Waals surface area contributed by atoms with Crippen molar-refractivity contribution in [2.45, 2.75) is 38.8 Å². The predicted molar refractivity (Wildman–Crippen MR) is 227 cm³/mol. The van der Waals surface area contributed by atoms with Gasteiger partial charge in [0.1, 0.15) is 12.1 Å². The number of hydrogen-bond donors (Lipinski definition) is 6. The van der Waals surface area contributed by atoms with Gasteiger partial charge in [-0.25, -0.2) is 0 Å². The van der Waals surface area contributed by atoms with Gasteiger partial charge >= 0.3 is 0 Å². The fourth-order valence-electron chi connectivity index (χ4n) is 5.96. The van der Waals surface area contributed by atoms with Crippen LogP contribution in [-0.4, -0.2) is 60.6 Å². The molecule has 0 fully saturated rings. The van der Waals surface area contributed by atoms with Gasteiger partial charge in [-0.05, 0) is 70.8 Å². The Hall–Kier alpha value is -7.34. The molecule has 0 aromatic heterocycles. The molecule has 6 aromatic rings. The first-order valence-corrected chi connectivity index (χ1v) is 18.8. The number of carbonyl (C=O) groups excluding carboxylic acids is 6. The Labute approximate surface area is 336 Å². The highest BCUT2D eigenvalue weighted by atomic mass is 16.2. The Kier molecular flexibility index (Phi) is 15.2. The van der Waals surface area contributed by atoms with E-state index in [9.17, 15) is 28.8 Å². The average molecular weight is 779 g/mol. The summed E-state index contributed by atoms with van der Waals surface area (Å²) in [7, 11) is 0. The summed E-state index contributed by atoms with van der Waals surface area (Å²) in [6.45, 7) is 2.84. The number of benzene rings is 6. The van der Waals surface area contributed by atoms with Gasteiger partial charge in [-0.1, -0.05) is 121 Å². The molecular formula is C46H46N6O6. The van der Waals surface area contributed by atoms with E-state index in [2.05, 4.69) is 31.9 Å². The predicted octanol–water partition coefficient (Wildman–Crippen LogP) is 5.28. The summed E-state index contributed by atoms with van der Waals surface area (Å²) in [5, 5.41) is 20.0. The zero-order chi connectivity index (χ0) is 41.3. The van der Waals surface area contributed by atoms with Crippen molar-refractivity contribution in [2.75, 3.05) is 23.7 Å². The van der Waals surface area contributed by atoms with Crippen molar-refractivity contribution in [3.05, 3.63) is 157 Å². The summed E-state index contributed by atoms with van der Waals surface area (Å²) >= 11 is 0. The minimum Gasteiger partial charge on any atom is -0.345 e. The molecule has 0 saturated carbocycles. The number of amides is 6. The van der Waals surface area contributed by atoms with Crippen LogP contribution in [0.15, 0.2) is 146 Å². The number of rotatable bonds is 14. The van der Waals surface area contributed by atoms with Gasteiger partial charge in [0.15, 0.2) is 0 Å². The van der Waals surface area contributed by atoms with E-state index in [0.29, 0.717) is 11.4 Å². The molecule has 0 aliphatic heterocycles. The second kappa shape index (κ2) is 21.1. The van der Waals surface area contributed by atoms with E-state index < -0.39 is 23.9 Å². The maximum Gasteiger partial charge on any atom is 0.243 e. The topological polar surface area (TPSA) is 175 Å². The number of para-hydroxylation sites is 2. The third-order valence-electron chi connectivity index (χ3n) is 8.91. The third kappa shape index (κ3) is 13.2. The molecule has 0 heterocycles. The molecule has 58 heavy (non-hydrogen) atoms. The highest BCUT2D eigenvalue weighted by Crippen LogP contribution is 2.19. The van der Waals surface area contributed by atoms with Crippen molar-refractivity contribution in [2.24, 2.45) is 0 Å². The van der Waals surface area contributed by atoms with E-state index in [0.717, 1.165) is 32.7 Å². The van der Waals surface area contributed by atoms with Crippen molar-refractivity contribution in [1.82, 2.24) is 21.3 Å². The van der Waals surface area contributed by atoms with Gasteiger partial charge in [0.25, 0.3) is 0 Å². The molecule has 12 nitrogen and oxygen atoms in total. The highest BCUT2D eigenvalue weighted by molar-refractivity contribution is 5.97. The van der Waals surface area contributed by atoms with Crippen LogP contribution >= 0.6 is 0 Å². The number of fused-ring (bicyclic) bond motifs is 2. The first-order chi connectivity index (χ1) is 28.0. The largest absolute Gasteiger partial charge is 0.345 e. The van der Waals surface area contributed by atoms with Gasteiger partial charge in [0, 0.05) is 11.4 Å². The van der Waals surface area contributed by atoms with Crippen LogP contribution in [-0.2, 0) is 41.6 Å². The lowest BCUT2D eigenvalue weighted by Crippen LogP contribution is -2.47. The molecule has 0 bridgehead atoms. The summed E-state index contributed by atoms with van der Waals surface area (Å²) in [4.78, 5) is 72.8. The van der Waals surface area contributed by atoms with Crippen molar-refractivity contribution >= 4 is 68.4 Å². The molecule has 6 N–H and O–H groups in total. The monoisotopic (exact) mass is 778 g/mol. The Bertz CT molecular complexity index is 2360. The maximum atomic E-state index is 12.4. The standard InChI is InChI=1S/2C23H23N3O3/c1-16(23(29)24-15-22(28)26-19-11-3-2-4-12-19)25-21(27)14-18-10-7-9-17-8-5-6-13-20(17)18;1-16(23(29)24-15-22(28)26-20-9-3-2-4-10-20)25-21(27)14-17-11-12-18-7-5-6-8-19(18)13-17/h2*2-13,16H,14-15H2,1H3,(H,24,29)(H,25,27)(H,26,28)/t2*16-/m00/s1. The van der Waals surface area contributed by atoms with Crippen molar-refractivity contribution in [3.63, 3.8) is 0 Å². The quantitative estimate of drug-likeness (QED) is 0.0878. The maximum absolute atomic E-state index is 12.4. The van der Waals surface area contributed by atoms with Crippen LogP contribution in [0.1, 0.15) is 25.0 Å². The fraction of sp³-hybridized carbons (Fsp3) is 0.174. The summed E-state index contributed by atoms with van der Waals surface area (Å²) < 4.78 is 0. The average Bonchev–Trinajstić information content (AvgIpc) is 3.23. The van der Waals surface area contributed by atoms with E-state index in [1.54, 1.807) is 50.2 Å². The van der Waals surface area contributed by atoms with E-state index in [4.69, 9.17) is 0 Å². The van der Waals surface area contributed by atoms with Crippen LogP contribution < -0.4 is 31.9 Å². The molecule has 6 aromatic carbocycles. The lowest BCUT2D eigenvalue weighted by molar-refractivity contribution is -0.129. The van der Waals surface area contributed by atoms with Crippen LogP contribution in [0.25, 0.3) is 21.5 Å². The molecular weight excluding hydrogens is 733 g/mol. The summed E-state index contributed by atoms with van der Waals surface area (Å²) in [5.41, 5.74) is 3.08. The van der Waals surface area contributed by atoms with Gasteiger partial charge < -0.3 is 31.9 Å². The summed E-state index contributed by atoms with van der Waals surface area (Å²) in [6.07, 6.45) is 0.352. The normalized spacial score (nSPS) is 11.5. The number of hydrogen-bond acceptors (Lipinski definition) is 6. The summed E-state index contributed by atoms with van der Waals surface area (Å²) in [5.74, 6) is -2.01. The highest BCUT2D eigenvalue weighted by Gasteiger charge is 2.18. The Morgan fingerprint density at radius 3 is 1.48 bits per heavy atom. The second-order valence-electron chi connectivity index (χ2n) is 13.5. The van der Waals surface area contributed by atoms with E-state index in [1.807, 2.05) is 109 Å². The van der Waals surface area contributed by atoms with Crippen molar-refractivity contribution < 1.29 is 28.8 Å². The zero-order valence-corrected chi connectivity index (χ0v) is 32.3. The number of nitrogens with one attached hydrogen (secondary N) is 6. The van der Waals surface area contributed by atoms with Crippen LogP contribution in [0.4, 0.5) is 11.4 Å². The lowest BCUT2D eigenvalue weighted by atomic mass is 10.0. The van der Waals surface area contributed by atoms with Crippen molar-refractivity contribution in [1.29, 1.82) is 0 Å². The molecule has 0 saturated heterocycles. The SMILES string of the molecule is C[C@H](NC(=O)Cc1ccc2ccccc2c1)C(=O)NCC(=O)Nc1ccccc1.C[C@H](NC(=O)Cc1cccc2ccccc12)C(=O)NCC(=O)Nc1ccccc1. The molecule has 0 aliphatic rings. The first-order valence-electron chi connectivity index (χ1n) is 18.8. The van der Waals surface area contributed by atoms with Crippen LogP contribution in [0, 0.1) is 0 Å². The Balaban J connectivity index is 0.000000221. The fourth-order valence-corrected chi connectivity index (χ4v) is 5.96. The van der Waals surface area contributed by atoms with E-state index >= 15 is 0 Å². The van der Waals surface area contributed by atoms with Crippen molar-refractivity contribution in [3.8, 4) is 0 Å². The summed E-state index contributed by atoms with van der Waals surface area (Å²) in [6, 6.07) is 43.9. The van der Waals surface area contributed by atoms with Crippen LogP contribution in [0.5, 0.6) is 0 Å². The number of carbonyl (C=O) groups is 6. The molecule has 0 aliphatic carbocycles. The smallest absolute Gasteiger partial charge is 0.243 e. The Morgan fingerprint density at radius 1 is 0.448 bits per heavy atom. The van der Waals surface area contributed by atoms with E-state index in [1.165, 1.54) is 0 Å². The van der Waals surface area contributed by atoms with Gasteiger partial charge in [0.2, 0.25) is 35.4 Å². The molecule has 6 rings (SSSR count). The molecule has 12 heteroatoms. The van der Waals surface area contributed by atoms with E-state index in [-0.39, 0.29) is 49.6 Å². The van der Waals surface area contributed by atoms with Gasteiger partial charge in [-0.3, -0.25) is 28.8 Å². The molecule has 0 radical (unpaired) electrons. The van der Waals surface area contributed by atoms with Crippen LogP contribution in [0.3, 0.4) is 0 Å². The third-order valence-corrected chi connectivity index (χ3v) is 8.91. The zero-order valence-electron chi connectivity index (χ0n) is 32.3. The minimum atomic E-state index is -0.748. The molecule has 0 spiro atoms. The first kappa shape index (κ1) is 41.8. The van der Waals surface area contributed by atoms with Gasteiger partial charge in [0.05, 0.1) is 25.9 Å². The minimum absolute atomic E-state index is 0.168. The molecule has 296 valence electrons. The molecule has 6 amide bonds. The molecule has 0 unspecified atom stereocenters. The Morgan fingerprint density at radius 2 is 0.914 bits per heavy atom. The lowest BCUT2D eigenvalue weighted by Gasteiger charge is -2.15. The molecule has 2 atom stereocenters. The van der Waals surface area contributed by atoms with Crippen LogP contribution in [0.2, 0.25) is 0 Å². The number of anilines is 2.